The van der Waals surface area contributed by atoms with Crippen molar-refractivity contribution in [2.24, 2.45) is 5.92 Å². The van der Waals surface area contributed by atoms with Gasteiger partial charge in [-0.3, -0.25) is 0 Å². The highest BCUT2D eigenvalue weighted by atomic mass is 32.2. The Balaban J connectivity index is 1.71. The summed E-state index contributed by atoms with van der Waals surface area (Å²) in [6.45, 7) is 8.82. The molecule has 2 aliphatic rings. The second kappa shape index (κ2) is 9.94. The van der Waals surface area contributed by atoms with Crippen LogP contribution in [0, 0.1) is 5.92 Å². The zero-order valence-electron chi connectivity index (χ0n) is 19.5. The fourth-order valence-electron chi connectivity index (χ4n) is 4.42. The largest absolute Gasteiger partial charge is 0.478 e. The SMILES string of the molecule is CCCCNc1nc(SCCC)nc2c1nnn2C1CC(C=CC(=O)O)C2OC(C)(C)OC21. The number of rotatable bonds is 10. The van der Waals surface area contributed by atoms with E-state index < -0.39 is 11.8 Å². The number of hydrogen-bond acceptors (Lipinski definition) is 9. The van der Waals surface area contributed by atoms with Crippen LogP contribution in [-0.2, 0) is 14.3 Å². The van der Waals surface area contributed by atoms with Crippen LogP contribution in [0.1, 0.15) is 59.4 Å². The first-order valence-corrected chi connectivity index (χ1v) is 12.6. The quantitative estimate of drug-likeness (QED) is 0.227. The first kappa shape index (κ1) is 23.9. The van der Waals surface area contributed by atoms with Gasteiger partial charge in [0.1, 0.15) is 6.10 Å². The molecule has 2 fully saturated rings. The van der Waals surface area contributed by atoms with Gasteiger partial charge >= 0.3 is 5.97 Å². The lowest BCUT2D eigenvalue weighted by Crippen LogP contribution is -2.28. The standard InChI is InChI=1S/C22H32N6O4S/c1-5-7-10-23-19-16-20(25-21(24-19)33-11-6-2)28(27-26-16)14-12-13(8-9-15(29)30)17-18(14)32-22(3,4)31-17/h8-9,13-14,17-18H,5-7,10-12H2,1-4H3,(H,29,30)(H,23,24,25). The van der Waals surface area contributed by atoms with Crippen molar-refractivity contribution in [1.29, 1.82) is 0 Å². The molecule has 3 heterocycles. The van der Waals surface area contributed by atoms with Crippen molar-refractivity contribution in [3.63, 3.8) is 0 Å². The summed E-state index contributed by atoms with van der Waals surface area (Å²) < 4.78 is 14.2. The number of aliphatic carboxylic acids is 1. The maximum Gasteiger partial charge on any atom is 0.327 e. The summed E-state index contributed by atoms with van der Waals surface area (Å²) in [6, 6.07) is -0.187. The number of carbonyl (C=O) groups is 1. The van der Waals surface area contributed by atoms with Crippen molar-refractivity contribution in [2.45, 2.75) is 82.6 Å². The molecular weight excluding hydrogens is 444 g/mol. The average molecular weight is 477 g/mol. The number of hydrogen-bond donors (Lipinski definition) is 2. The van der Waals surface area contributed by atoms with Crippen molar-refractivity contribution in [3.8, 4) is 0 Å². The molecule has 4 rings (SSSR count). The van der Waals surface area contributed by atoms with E-state index in [1.165, 1.54) is 6.08 Å². The lowest BCUT2D eigenvalue weighted by Gasteiger charge is -2.22. The molecule has 1 aliphatic carbocycles. The van der Waals surface area contributed by atoms with Crippen LogP contribution < -0.4 is 5.32 Å². The number of unbranched alkanes of at least 4 members (excludes halogenated alkanes) is 1. The molecule has 4 unspecified atom stereocenters. The number of carboxylic acids is 1. The third-order valence-electron chi connectivity index (χ3n) is 5.84. The predicted molar refractivity (Wildman–Crippen MR) is 125 cm³/mol. The average Bonchev–Trinajstić information content (AvgIpc) is 3.41. The van der Waals surface area contributed by atoms with Crippen LogP contribution in [0.25, 0.3) is 11.2 Å². The summed E-state index contributed by atoms with van der Waals surface area (Å²) in [4.78, 5) is 20.6. The van der Waals surface area contributed by atoms with Gasteiger partial charge in [-0.1, -0.05) is 43.3 Å². The Kier molecular flexibility index (Phi) is 7.20. The molecule has 0 spiro atoms. The van der Waals surface area contributed by atoms with E-state index in [-0.39, 0.29) is 24.2 Å². The van der Waals surface area contributed by atoms with Crippen LogP contribution in [-0.4, -0.2) is 66.3 Å². The Hall–Kier alpha value is -2.24. The molecule has 0 radical (unpaired) electrons. The molecule has 11 heteroatoms. The van der Waals surface area contributed by atoms with Gasteiger partial charge in [-0.05, 0) is 33.1 Å². The summed E-state index contributed by atoms with van der Waals surface area (Å²) in [5.74, 6) is -0.242. The normalized spacial score (nSPS) is 26.3. The van der Waals surface area contributed by atoms with Crippen LogP contribution in [0.4, 0.5) is 5.82 Å². The minimum Gasteiger partial charge on any atom is -0.478 e. The third kappa shape index (κ3) is 5.15. The molecule has 0 bridgehead atoms. The Morgan fingerprint density at radius 3 is 2.79 bits per heavy atom. The van der Waals surface area contributed by atoms with E-state index in [0.717, 1.165) is 31.6 Å². The molecule has 4 atom stereocenters. The van der Waals surface area contributed by atoms with Gasteiger partial charge in [0, 0.05) is 24.3 Å². The minimum absolute atomic E-state index is 0.116. The fraction of sp³-hybridized carbons (Fsp3) is 0.682. The highest BCUT2D eigenvalue weighted by molar-refractivity contribution is 7.99. The first-order valence-electron chi connectivity index (χ1n) is 11.6. The van der Waals surface area contributed by atoms with Crippen molar-refractivity contribution < 1.29 is 19.4 Å². The lowest BCUT2D eigenvalue weighted by atomic mass is 10.0. The molecule has 2 aromatic rings. The number of thioether (sulfide) groups is 1. The molecule has 10 nitrogen and oxygen atoms in total. The number of nitrogens with zero attached hydrogens (tertiary/aromatic N) is 5. The Labute approximate surface area is 197 Å². The number of ether oxygens (including phenoxy) is 2. The highest BCUT2D eigenvalue weighted by Gasteiger charge is 2.54. The van der Waals surface area contributed by atoms with E-state index in [9.17, 15) is 4.79 Å². The van der Waals surface area contributed by atoms with Gasteiger partial charge in [-0.25, -0.2) is 19.4 Å². The smallest absolute Gasteiger partial charge is 0.327 e. The number of fused-ring (bicyclic) bond motifs is 2. The maximum atomic E-state index is 11.1. The van der Waals surface area contributed by atoms with Gasteiger partial charge in [-0.2, -0.15) is 0 Å². The van der Waals surface area contributed by atoms with Crippen LogP contribution in [0.5, 0.6) is 0 Å². The molecule has 2 aromatic heterocycles. The van der Waals surface area contributed by atoms with Gasteiger partial charge < -0.3 is 19.9 Å². The van der Waals surface area contributed by atoms with Crippen LogP contribution in [0.2, 0.25) is 0 Å². The second-order valence-electron chi connectivity index (χ2n) is 8.92. The van der Waals surface area contributed by atoms with Crippen LogP contribution in [0.15, 0.2) is 17.3 Å². The molecule has 33 heavy (non-hydrogen) atoms. The highest BCUT2D eigenvalue weighted by Crippen LogP contribution is 2.47. The predicted octanol–water partition coefficient (Wildman–Crippen LogP) is 3.66. The zero-order valence-corrected chi connectivity index (χ0v) is 20.3. The molecule has 1 saturated carbocycles. The molecule has 0 aromatic carbocycles. The van der Waals surface area contributed by atoms with Crippen molar-refractivity contribution in [3.05, 3.63) is 12.2 Å². The Morgan fingerprint density at radius 2 is 2.06 bits per heavy atom. The van der Waals surface area contributed by atoms with Crippen LogP contribution in [0.3, 0.4) is 0 Å². The van der Waals surface area contributed by atoms with E-state index in [1.54, 1.807) is 17.8 Å². The zero-order chi connectivity index (χ0) is 23.6. The van der Waals surface area contributed by atoms with Crippen molar-refractivity contribution >= 4 is 34.7 Å². The summed E-state index contributed by atoms with van der Waals surface area (Å²) in [7, 11) is 0. The molecule has 0 amide bonds. The minimum atomic E-state index is -0.979. The molecule has 180 valence electrons. The van der Waals surface area contributed by atoms with Crippen molar-refractivity contribution in [1.82, 2.24) is 25.0 Å². The summed E-state index contributed by atoms with van der Waals surface area (Å²) in [5.41, 5.74) is 1.29. The summed E-state index contributed by atoms with van der Waals surface area (Å²) >= 11 is 1.61. The van der Waals surface area contributed by atoms with Crippen LogP contribution >= 0.6 is 11.8 Å². The van der Waals surface area contributed by atoms with Gasteiger partial charge in [0.2, 0.25) is 0 Å². The van der Waals surface area contributed by atoms with E-state index in [2.05, 4.69) is 29.5 Å². The third-order valence-corrected chi connectivity index (χ3v) is 6.89. The first-order chi connectivity index (χ1) is 15.8. The molecule has 2 N–H and O–H groups in total. The topological polar surface area (TPSA) is 124 Å². The Morgan fingerprint density at radius 1 is 1.27 bits per heavy atom. The van der Waals surface area contributed by atoms with E-state index >= 15 is 0 Å². The maximum absolute atomic E-state index is 11.1. The van der Waals surface area contributed by atoms with Crippen molar-refractivity contribution in [2.75, 3.05) is 17.6 Å². The van der Waals surface area contributed by atoms with Gasteiger partial charge in [-0.15, -0.1) is 5.10 Å². The molecular formula is C22H32N6O4S. The lowest BCUT2D eigenvalue weighted by molar-refractivity contribution is -0.158. The van der Waals surface area contributed by atoms with E-state index in [4.69, 9.17) is 24.5 Å². The van der Waals surface area contributed by atoms with E-state index in [0.29, 0.717) is 28.6 Å². The number of aromatic nitrogens is 5. The summed E-state index contributed by atoms with van der Waals surface area (Å²) in [5, 5.41) is 22.1. The molecule has 1 aliphatic heterocycles. The number of carboxylic acid groups (broad SMARTS) is 1. The Bertz CT molecular complexity index is 1030. The van der Waals surface area contributed by atoms with Gasteiger partial charge in [0.25, 0.3) is 0 Å². The number of nitrogens with one attached hydrogen (secondary N) is 1. The van der Waals surface area contributed by atoms with Gasteiger partial charge in [0.05, 0.1) is 12.1 Å². The van der Waals surface area contributed by atoms with E-state index in [1.807, 2.05) is 18.5 Å². The van der Waals surface area contributed by atoms with Gasteiger partial charge in [0.15, 0.2) is 27.9 Å². The second-order valence-corrected chi connectivity index (χ2v) is 9.98. The molecule has 1 saturated heterocycles. The summed E-state index contributed by atoms with van der Waals surface area (Å²) in [6.07, 6.45) is 6.06. The fourth-order valence-corrected chi connectivity index (χ4v) is 5.12. The monoisotopic (exact) mass is 476 g/mol. The number of anilines is 1.